The maximum Gasteiger partial charge on any atom is 0.268 e. The molecule has 1 amide bonds. The monoisotopic (exact) mass is 492 g/mol. The number of halogens is 5. The third kappa shape index (κ3) is 4.76. The quantitative estimate of drug-likeness (QED) is 0.222. The molecule has 146 valence electrons. The molecule has 0 spiro atoms. The van der Waals surface area contributed by atoms with E-state index >= 15 is 0 Å². The van der Waals surface area contributed by atoms with E-state index in [2.05, 4.69) is 10.3 Å². The number of aliphatic imine (C=N–C) groups is 1. The minimum atomic E-state index is -1.93. The second-order valence-electron chi connectivity index (χ2n) is 6.09. The molecule has 1 aromatic heterocycles. The first kappa shape index (κ1) is 21.7. The Balaban J connectivity index is 1.99. The van der Waals surface area contributed by atoms with Gasteiger partial charge < -0.3 is 5.32 Å². The summed E-state index contributed by atoms with van der Waals surface area (Å²) < 4.78 is -1.15. The van der Waals surface area contributed by atoms with Gasteiger partial charge in [0.1, 0.15) is 4.88 Å². The van der Waals surface area contributed by atoms with E-state index in [1.807, 2.05) is 26.0 Å². The molecule has 2 aromatic carbocycles. The van der Waals surface area contributed by atoms with Gasteiger partial charge in [0.25, 0.3) is 5.91 Å². The van der Waals surface area contributed by atoms with Gasteiger partial charge >= 0.3 is 0 Å². The number of carbonyl (C=O) groups is 1. The SMILES string of the molecule is Cc1ccc(N=C(NC(=O)c2sc3cc(Cl)ccc3c2Cl)C(Cl)(Cl)Cl)c(C)c1. The van der Waals surface area contributed by atoms with E-state index in [0.717, 1.165) is 21.2 Å². The van der Waals surface area contributed by atoms with Crippen LogP contribution in [0.1, 0.15) is 20.8 Å². The number of amidine groups is 1. The fraction of sp³-hybridized carbons (Fsp3) is 0.158. The molecule has 3 rings (SSSR count). The van der Waals surface area contributed by atoms with Crippen molar-refractivity contribution in [2.45, 2.75) is 17.6 Å². The molecule has 3 nitrogen and oxygen atoms in total. The average molecular weight is 495 g/mol. The molecule has 0 aliphatic rings. The topological polar surface area (TPSA) is 41.5 Å². The van der Waals surface area contributed by atoms with Gasteiger partial charge in [-0.3, -0.25) is 4.79 Å². The molecule has 0 saturated heterocycles. The molecule has 0 unspecified atom stereocenters. The minimum absolute atomic E-state index is 0.110. The van der Waals surface area contributed by atoms with Crippen molar-refractivity contribution in [3.63, 3.8) is 0 Å². The number of benzene rings is 2. The van der Waals surface area contributed by atoms with Crippen LogP contribution in [0.15, 0.2) is 41.4 Å². The number of nitrogens with zero attached hydrogens (tertiary/aromatic N) is 1. The molecular weight excluding hydrogens is 482 g/mol. The summed E-state index contributed by atoms with van der Waals surface area (Å²) in [5.74, 6) is -0.627. The highest BCUT2D eigenvalue weighted by Crippen LogP contribution is 2.37. The van der Waals surface area contributed by atoms with Gasteiger partial charge in [-0.25, -0.2) is 4.99 Å². The number of amides is 1. The Morgan fingerprint density at radius 1 is 1.07 bits per heavy atom. The van der Waals surface area contributed by atoms with Crippen LogP contribution in [0.25, 0.3) is 10.1 Å². The first-order valence-electron chi connectivity index (χ1n) is 7.98. The van der Waals surface area contributed by atoms with Crippen LogP contribution >= 0.6 is 69.3 Å². The van der Waals surface area contributed by atoms with Gasteiger partial charge in [0.2, 0.25) is 3.79 Å². The van der Waals surface area contributed by atoms with Gasteiger partial charge in [0.15, 0.2) is 5.84 Å². The molecular formula is C19H13Cl5N2OS. The number of carbonyl (C=O) groups excluding carboxylic acids is 1. The lowest BCUT2D eigenvalue weighted by molar-refractivity contribution is 0.0980. The van der Waals surface area contributed by atoms with Crippen molar-refractivity contribution in [2.24, 2.45) is 4.99 Å². The van der Waals surface area contributed by atoms with Crippen LogP contribution < -0.4 is 5.32 Å². The van der Waals surface area contributed by atoms with E-state index in [-0.39, 0.29) is 10.7 Å². The van der Waals surface area contributed by atoms with Crippen LogP contribution in [-0.2, 0) is 0 Å². The number of rotatable bonds is 2. The average Bonchev–Trinajstić information content (AvgIpc) is 2.91. The maximum atomic E-state index is 12.8. The highest BCUT2D eigenvalue weighted by molar-refractivity contribution is 7.21. The number of hydrogen-bond donors (Lipinski definition) is 1. The van der Waals surface area contributed by atoms with Crippen molar-refractivity contribution in [1.82, 2.24) is 5.32 Å². The summed E-state index contributed by atoms with van der Waals surface area (Å²) in [5.41, 5.74) is 2.55. The fourth-order valence-corrected chi connectivity index (χ4v) is 4.52. The summed E-state index contributed by atoms with van der Waals surface area (Å²) in [4.78, 5) is 17.5. The molecule has 3 aromatic rings. The predicted molar refractivity (Wildman–Crippen MR) is 123 cm³/mol. The van der Waals surface area contributed by atoms with Gasteiger partial charge in [-0.05, 0) is 37.6 Å². The molecule has 0 radical (unpaired) electrons. The highest BCUT2D eigenvalue weighted by atomic mass is 35.6. The molecule has 1 N–H and O–H groups in total. The summed E-state index contributed by atoms with van der Waals surface area (Å²) in [6.07, 6.45) is 0. The van der Waals surface area contributed by atoms with E-state index in [4.69, 9.17) is 58.0 Å². The zero-order valence-corrected chi connectivity index (χ0v) is 19.2. The van der Waals surface area contributed by atoms with E-state index in [1.165, 1.54) is 11.3 Å². The molecule has 0 fully saturated rings. The smallest absolute Gasteiger partial charge is 0.268 e. The predicted octanol–water partition coefficient (Wildman–Crippen LogP) is 7.66. The lowest BCUT2D eigenvalue weighted by Gasteiger charge is -2.16. The van der Waals surface area contributed by atoms with Crippen molar-refractivity contribution < 1.29 is 4.79 Å². The number of thiophene rings is 1. The molecule has 1 heterocycles. The van der Waals surface area contributed by atoms with E-state index < -0.39 is 9.70 Å². The van der Waals surface area contributed by atoms with Gasteiger partial charge in [0, 0.05) is 15.1 Å². The lowest BCUT2D eigenvalue weighted by atomic mass is 10.1. The van der Waals surface area contributed by atoms with Gasteiger partial charge in [-0.2, -0.15) is 0 Å². The second-order valence-corrected chi connectivity index (χ2v) is 10.2. The summed E-state index contributed by atoms with van der Waals surface area (Å²) in [5, 5.41) is 4.17. The van der Waals surface area contributed by atoms with Crippen molar-refractivity contribution in [3.05, 3.63) is 62.4 Å². The standard InChI is InChI=1S/C19H13Cl5N2OS/c1-9-3-6-13(10(2)7-9)25-18(19(22,23)24)26-17(27)16-15(21)12-5-4-11(20)8-14(12)28-16/h3-8H,1-2H3,(H,25,26,27). The molecule has 0 aliphatic heterocycles. The number of aryl methyl sites for hydroxylation is 2. The molecule has 0 atom stereocenters. The number of alkyl halides is 3. The first-order chi connectivity index (χ1) is 13.1. The van der Waals surface area contributed by atoms with Crippen LogP contribution in [0.5, 0.6) is 0 Å². The zero-order chi connectivity index (χ0) is 20.6. The number of fused-ring (bicyclic) bond motifs is 1. The lowest BCUT2D eigenvalue weighted by Crippen LogP contribution is -2.38. The number of nitrogens with one attached hydrogen (secondary N) is 1. The minimum Gasteiger partial charge on any atom is -0.306 e. The largest absolute Gasteiger partial charge is 0.306 e. The summed E-state index contributed by atoms with van der Waals surface area (Å²) in [6.45, 7) is 3.85. The Kier molecular flexibility index (Phi) is 6.50. The molecule has 0 aliphatic carbocycles. The number of hydrogen-bond acceptors (Lipinski definition) is 3. The third-order valence-corrected chi connectivity index (χ3v) is 6.31. The van der Waals surface area contributed by atoms with Crippen LogP contribution in [-0.4, -0.2) is 15.5 Å². The van der Waals surface area contributed by atoms with Crippen LogP contribution in [0.4, 0.5) is 5.69 Å². The summed E-state index contributed by atoms with van der Waals surface area (Å²) in [6, 6.07) is 10.8. The molecule has 0 bridgehead atoms. The van der Waals surface area contributed by atoms with Crippen LogP contribution in [0.2, 0.25) is 10.0 Å². The third-order valence-electron chi connectivity index (χ3n) is 3.88. The van der Waals surface area contributed by atoms with Crippen molar-refractivity contribution in [1.29, 1.82) is 0 Å². The maximum absolute atomic E-state index is 12.8. The Morgan fingerprint density at radius 2 is 1.79 bits per heavy atom. The van der Waals surface area contributed by atoms with E-state index in [9.17, 15) is 4.79 Å². The van der Waals surface area contributed by atoms with Crippen LogP contribution in [0, 0.1) is 13.8 Å². The molecule has 0 saturated carbocycles. The van der Waals surface area contributed by atoms with Crippen molar-refractivity contribution in [2.75, 3.05) is 0 Å². The Labute approximate surface area is 191 Å². The first-order valence-corrected chi connectivity index (χ1v) is 10.7. The molecule has 9 heteroatoms. The van der Waals surface area contributed by atoms with Crippen LogP contribution in [0.3, 0.4) is 0 Å². The van der Waals surface area contributed by atoms with Crippen molar-refractivity contribution in [3.8, 4) is 0 Å². The van der Waals surface area contributed by atoms with Crippen molar-refractivity contribution >= 4 is 96.9 Å². The highest BCUT2D eigenvalue weighted by Gasteiger charge is 2.31. The molecule has 28 heavy (non-hydrogen) atoms. The van der Waals surface area contributed by atoms with Gasteiger partial charge in [0.05, 0.1) is 10.7 Å². The Morgan fingerprint density at radius 3 is 2.43 bits per heavy atom. The second kappa shape index (κ2) is 8.39. The Bertz CT molecular complexity index is 1100. The fourth-order valence-electron chi connectivity index (χ4n) is 2.56. The van der Waals surface area contributed by atoms with Gasteiger partial charge in [-0.15, -0.1) is 11.3 Å². The zero-order valence-electron chi connectivity index (χ0n) is 14.6. The normalized spacial score (nSPS) is 12.5. The summed E-state index contributed by atoms with van der Waals surface area (Å²) >= 11 is 31.7. The van der Waals surface area contributed by atoms with E-state index in [0.29, 0.717) is 15.7 Å². The van der Waals surface area contributed by atoms with Gasteiger partial charge in [-0.1, -0.05) is 81.8 Å². The Hall–Kier alpha value is -1.01. The summed E-state index contributed by atoms with van der Waals surface area (Å²) in [7, 11) is 0. The van der Waals surface area contributed by atoms with E-state index in [1.54, 1.807) is 24.3 Å².